The van der Waals surface area contributed by atoms with Crippen LogP contribution in [0.2, 0.25) is 0 Å². The van der Waals surface area contributed by atoms with Crippen LogP contribution in [0.1, 0.15) is 22.2 Å². The smallest absolute Gasteiger partial charge is 0.257 e. The summed E-state index contributed by atoms with van der Waals surface area (Å²) in [5, 5.41) is 5.19. The summed E-state index contributed by atoms with van der Waals surface area (Å²) in [6, 6.07) is 5.94. The predicted molar refractivity (Wildman–Crippen MR) is 91.1 cm³/mol. The molecule has 4 nitrogen and oxygen atoms in total. The Labute approximate surface area is 137 Å². The van der Waals surface area contributed by atoms with Gasteiger partial charge in [0.1, 0.15) is 5.82 Å². The average molecular weight is 368 g/mol. The second kappa shape index (κ2) is 7.56. The lowest BCUT2D eigenvalue weighted by molar-refractivity contribution is 0.0797. The second-order valence-corrected chi connectivity index (χ2v) is 6.58. The minimum atomic E-state index is -0.0173. The van der Waals surface area contributed by atoms with E-state index < -0.39 is 0 Å². The number of pyridine rings is 1. The fraction of sp³-hybridized carbons (Fsp3) is 0.333. The molecule has 0 saturated heterocycles. The van der Waals surface area contributed by atoms with Gasteiger partial charge >= 0.3 is 0 Å². The molecule has 2 aromatic heterocycles. The van der Waals surface area contributed by atoms with E-state index in [2.05, 4.69) is 37.7 Å². The summed E-state index contributed by atoms with van der Waals surface area (Å²) < 4.78 is 0.805. The predicted octanol–water partition coefficient (Wildman–Crippen LogP) is 3.65. The Morgan fingerprint density at radius 1 is 1.52 bits per heavy atom. The highest BCUT2D eigenvalue weighted by molar-refractivity contribution is 9.10. The molecule has 0 aromatic carbocycles. The molecule has 1 N–H and O–H groups in total. The van der Waals surface area contributed by atoms with Crippen LogP contribution < -0.4 is 5.32 Å². The van der Waals surface area contributed by atoms with Crippen LogP contribution in [0.5, 0.6) is 0 Å². The lowest BCUT2D eigenvalue weighted by Gasteiger charge is -2.18. The number of rotatable bonds is 6. The lowest BCUT2D eigenvalue weighted by atomic mass is 10.2. The van der Waals surface area contributed by atoms with Gasteiger partial charge in [-0.05, 0) is 46.8 Å². The number of nitrogens with zero attached hydrogens (tertiary/aromatic N) is 2. The third-order valence-electron chi connectivity index (χ3n) is 3.05. The molecule has 0 atom stereocenters. The van der Waals surface area contributed by atoms with E-state index in [-0.39, 0.29) is 5.91 Å². The number of halogens is 1. The summed E-state index contributed by atoms with van der Waals surface area (Å²) >= 11 is 5.09. The number of thiophene rings is 1. The fourth-order valence-electron chi connectivity index (χ4n) is 1.95. The Hall–Kier alpha value is -1.40. The quantitative estimate of drug-likeness (QED) is 0.847. The topological polar surface area (TPSA) is 45.2 Å². The molecule has 112 valence electrons. The number of carbonyl (C=O) groups excluding carboxylic acids is 1. The van der Waals surface area contributed by atoms with Gasteiger partial charge in [-0.2, -0.15) is 0 Å². The van der Waals surface area contributed by atoms with Crippen LogP contribution in [0.3, 0.4) is 0 Å². The molecular weight excluding hydrogens is 350 g/mol. The summed E-state index contributed by atoms with van der Waals surface area (Å²) in [6.45, 7) is 3.41. The van der Waals surface area contributed by atoms with Gasteiger partial charge in [0, 0.05) is 35.7 Å². The first-order valence-electron chi connectivity index (χ1n) is 6.79. The number of anilines is 1. The van der Waals surface area contributed by atoms with Crippen LogP contribution in [-0.2, 0) is 6.42 Å². The zero-order chi connectivity index (χ0) is 15.2. The van der Waals surface area contributed by atoms with Gasteiger partial charge in [-0.3, -0.25) is 4.79 Å². The summed E-state index contributed by atoms with van der Waals surface area (Å²) in [6.07, 6.45) is 2.57. The molecule has 0 unspecified atom stereocenters. The molecule has 2 aromatic rings. The number of likely N-dealkylation sites (N-methyl/N-ethyl adjacent to an activating group) is 1. The van der Waals surface area contributed by atoms with Crippen molar-refractivity contribution in [3.63, 3.8) is 0 Å². The molecule has 0 aliphatic rings. The lowest BCUT2D eigenvalue weighted by Crippen LogP contribution is -2.29. The highest BCUT2D eigenvalue weighted by Gasteiger charge is 2.17. The zero-order valence-corrected chi connectivity index (χ0v) is 14.5. The third-order valence-corrected chi connectivity index (χ3v) is 4.42. The number of nitrogens with one attached hydrogen (secondary N) is 1. The maximum Gasteiger partial charge on any atom is 0.257 e. The van der Waals surface area contributed by atoms with E-state index >= 15 is 0 Å². The van der Waals surface area contributed by atoms with Crippen molar-refractivity contribution in [1.29, 1.82) is 0 Å². The summed E-state index contributed by atoms with van der Waals surface area (Å²) in [7, 11) is 1.83. The van der Waals surface area contributed by atoms with Gasteiger partial charge in [0.15, 0.2) is 0 Å². The van der Waals surface area contributed by atoms with E-state index in [1.807, 2.05) is 26.1 Å². The van der Waals surface area contributed by atoms with Gasteiger partial charge in [0.05, 0.1) is 5.56 Å². The molecule has 2 rings (SSSR count). The van der Waals surface area contributed by atoms with Crippen LogP contribution in [0.25, 0.3) is 0 Å². The third kappa shape index (κ3) is 4.28. The Bertz CT molecular complexity index is 601. The van der Waals surface area contributed by atoms with Crippen LogP contribution in [-0.4, -0.2) is 35.9 Å². The molecule has 0 radical (unpaired) electrons. The van der Waals surface area contributed by atoms with Crippen LogP contribution in [0, 0.1) is 0 Å². The molecule has 6 heteroatoms. The van der Waals surface area contributed by atoms with E-state index in [1.54, 1.807) is 22.4 Å². The van der Waals surface area contributed by atoms with Crippen molar-refractivity contribution in [2.45, 2.75) is 13.3 Å². The van der Waals surface area contributed by atoms with Gasteiger partial charge in [0.25, 0.3) is 5.91 Å². The number of aromatic nitrogens is 1. The van der Waals surface area contributed by atoms with Crippen molar-refractivity contribution >= 4 is 39.0 Å². The van der Waals surface area contributed by atoms with E-state index in [0.717, 1.165) is 17.4 Å². The maximum absolute atomic E-state index is 12.6. The standard InChI is InChI=1S/C15H18BrN3OS/c1-3-17-14-13(9-11(16)10-18-14)15(20)19(2)7-6-12-5-4-8-21-12/h4-5,8-10H,3,6-7H2,1-2H3,(H,17,18). The largest absolute Gasteiger partial charge is 0.370 e. The normalized spacial score (nSPS) is 10.4. The van der Waals surface area contributed by atoms with Crippen molar-refractivity contribution in [3.8, 4) is 0 Å². The van der Waals surface area contributed by atoms with Gasteiger partial charge < -0.3 is 10.2 Å². The SMILES string of the molecule is CCNc1ncc(Br)cc1C(=O)N(C)CCc1cccs1. The Morgan fingerprint density at radius 2 is 2.33 bits per heavy atom. The van der Waals surface area contributed by atoms with E-state index in [9.17, 15) is 4.79 Å². The molecule has 0 spiro atoms. The van der Waals surface area contributed by atoms with Crippen LogP contribution in [0.15, 0.2) is 34.2 Å². The van der Waals surface area contributed by atoms with Crippen LogP contribution >= 0.6 is 27.3 Å². The Kier molecular flexibility index (Phi) is 5.76. The highest BCUT2D eigenvalue weighted by atomic mass is 79.9. The first-order chi connectivity index (χ1) is 10.1. The van der Waals surface area contributed by atoms with E-state index in [1.165, 1.54) is 4.88 Å². The van der Waals surface area contributed by atoms with E-state index in [4.69, 9.17) is 0 Å². The molecule has 2 heterocycles. The minimum absolute atomic E-state index is 0.0173. The van der Waals surface area contributed by atoms with Crippen molar-refractivity contribution in [2.75, 3.05) is 25.5 Å². The molecule has 0 fully saturated rings. The molecule has 21 heavy (non-hydrogen) atoms. The summed E-state index contributed by atoms with van der Waals surface area (Å²) in [5.41, 5.74) is 0.597. The van der Waals surface area contributed by atoms with E-state index in [0.29, 0.717) is 17.9 Å². The molecule has 0 aliphatic carbocycles. The highest BCUT2D eigenvalue weighted by Crippen LogP contribution is 2.20. The average Bonchev–Trinajstić information content (AvgIpc) is 2.99. The fourth-order valence-corrected chi connectivity index (χ4v) is 2.98. The van der Waals surface area contributed by atoms with Gasteiger partial charge in [-0.15, -0.1) is 11.3 Å². The molecule has 0 saturated carbocycles. The van der Waals surface area contributed by atoms with Crippen molar-refractivity contribution < 1.29 is 4.79 Å². The van der Waals surface area contributed by atoms with Gasteiger partial charge in [-0.1, -0.05) is 6.07 Å². The molecule has 0 aliphatic heterocycles. The first kappa shape index (κ1) is 16.0. The first-order valence-corrected chi connectivity index (χ1v) is 8.46. The number of hydrogen-bond acceptors (Lipinski definition) is 4. The number of hydrogen-bond donors (Lipinski definition) is 1. The molecular formula is C15H18BrN3OS. The van der Waals surface area contributed by atoms with Gasteiger partial charge in [0.2, 0.25) is 0 Å². The Morgan fingerprint density at radius 3 is 3.00 bits per heavy atom. The maximum atomic E-state index is 12.6. The van der Waals surface area contributed by atoms with Crippen molar-refractivity contribution in [3.05, 3.63) is 44.7 Å². The molecule has 1 amide bonds. The van der Waals surface area contributed by atoms with Crippen LogP contribution in [0.4, 0.5) is 5.82 Å². The second-order valence-electron chi connectivity index (χ2n) is 4.64. The number of amides is 1. The van der Waals surface area contributed by atoms with Gasteiger partial charge in [-0.25, -0.2) is 4.98 Å². The molecule has 0 bridgehead atoms. The minimum Gasteiger partial charge on any atom is -0.370 e. The summed E-state index contributed by atoms with van der Waals surface area (Å²) in [5.74, 6) is 0.616. The van der Waals surface area contributed by atoms with Crippen molar-refractivity contribution in [2.24, 2.45) is 0 Å². The Balaban J connectivity index is 2.09. The summed E-state index contributed by atoms with van der Waals surface area (Å²) in [4.78, 5) is 19.9. The van der Waals surface area contributed by atoms with Crippen molar-refractivity contribution in [1.82, 2.24) is 9.88 Å². The zero-order valence-electron chi connectivity index (χ0n) is 12.1. The number of carbonyl (C=O) groups is 1. The monoisotopic (exact) mass is 367 g/mol.